The van der Waals surface area contributed by atoms with Crippen molar-refractivity contribution in [1.82, 2.24) is 5.32 Å². The van der Waals surface area contributed by atoms with Gasteiger partial charge >= 0.3 is 0 Å². The second kappa shape index (κ2) is 2.25. The highest BCUT2D eigenvalue weighted by molar-refractivity contribution is 4.80. The Morgan fingerprint density at radius 1 is 1.67 bits per heavy atom. The fourth-order valence-electron chi connectivity index (χ4n) is 0.778. The van der Waals surface area contributed by atoms with E-state index in [1.807, 2.05) is 13.8 Å². The predicted octanol–water partition coefficient (Wildman–Crippen LogP) is -0.297. The Morgan fingerprint density at radius 2 is 2.33 bits per heavy atom. The monoisotopic (exact) mass is 131 g/mol. The van der Waals surface area contributed by atoms with Gasteiger partial charge in [0.05, 0.1) is 6.61 Å². The molecule has 0 aromatic rings. The van der Waals surface area contributed by atoms with Gasteiger partial charge in [-0.15, -0.1) is 0 Å². The number of aliphatic hydroxyl groups excluding tert-OH is 1. The topological polar surface area (TPSA) is 41.5 Å². The molecule has 1 rings (SSSR count). The molecular weight excluding hydrogens is 118 g/mol. The lowest BCUT2D eigenvalue weighted by Gasteiger charge is -2.33. The van der Waals surface area contributed by atoms with Crippen molar-refractivity contribution in [1.29, 1.82) is 0 Å². The maximum atomic E-state index is 8.86. The average Bonchev–Trinajstić information content (AvgIpc) is 1.78. The van der Waals surface area contributed by atoms with Gasteiger partial charge in [-0.05, 0) is 13.8 Å². The van der Waals surface area contributed by atoms with Crippen molar-refractivity contribution in [2.45, 2.75) is 25.7 Å². The zero-order chi connectivity index (χ0) is 6.91. The van der Waals surface area contributed by atoms with Crippen molar-refractivity contribution < 1.29 is 9.84 Å². The van der Waals surface area contributed by atoms with Crippen LogP contribution >= 0.6 is 0 Å². The Kier molecular flexibility index (Phi) is 1.75. The molecule has 3 heteroatoms. The van der Waals surface area contributed by atoms with Crippen molar-refractivity contribution in [3.8, 4) is 0 Å². The van der Waals surface area contributed by atoms with Crippen LogP contribution in [0.4, 0.5) is 0 Å². The number of β-amino-alcohol motifs (C(OH)–C–C–N with tert-alkyl or cyclic N) is 1. The first-order valence-corrected chi connectivity index (χ1v) is 3.15. The van der Waals surface area contributed by atoms with Gasteiger partial charge < -0.3 is 15.2 Å². The molecule has 0 radical (unpaired) electrons. The minimum atomic E-state index is -0.613. The van der Waals surface area contributed by atoms with Gasteiger partial charge in [-0.2, -0.15) is 0 Å². The van der Waals surface area contributed by atoms with Crippen LogP contribution in [0.25, 0.3) is 0 Å². The smallest absolute Gasteiger partial charge is 0.167 e. The van der Waals surface area contributed by atoms with Gasteiger partial charge in [-0.1, -0.05) is 0 Å². The van der Waals surface area contributed by atoms with E-state index in [4.69, 9.17) is 9.84 Å². The number of aliphatic hydroxyl groups is 1. The van der Waals surface area contributed by atoms with Gasteiger partial charge in [-0.25, -0.2) is 0 Å². The van der Waals surface area contributed by atoms with E-state index < -0.39 is 6.29 Å². The van der Waals surface area contributed by atoms with Gasteiger partial charge in [0.2, 0.25) is 0 Å². The van der Waals surface area contributed by atoms with Crippen molar-refractivity contribution in [3.05, 3.63) is 0 Å². The lowest BCUT2D eigenvalue weighted by molar-refractivity contribution is -0.139. The molecule has 0 bridgehead atoms. The van der Waals surface area contributed by atoms with Gasteiger partial charge in [0, 0.05) is 12.1 Å². The van der Waals surface area contributed by atoms with Crippen LogP contribution in [0.1, 0.15) is 13.8 Å². The van der Waals surface area contributed by atoms with Crippen LogP contribution in [0, 0.1) is 0 Å². The normalized spacial score (nSPS) is 34.3. The molecule has 1 saturated heterocycles. The van der Waals surface area contributed by atoms with Gasteiger partial charge in [0.15, 0.2) is 6.29 Å². The van der Waals surface area contributed by atoms with Gasteiger partial charge in [0.1, 0.15) is 0 Å². The number of rotatable bonds is 0. The first-order valence-electron chi connectivity index (χ1n) is 3.15. The summed E-state index contributed by atoms with van der Waals surface area (Å²) >= 11 is 0. The molecule has 3 nitrogen and oxygen atoms in total. The lowest BCUT2D eigenvalue weighted by Crippen LogP contribution is -2.53. The SMILES string of the molecule is CC1(C)COC(O)CN1. The third-order valence-electron chi connectivity index (χ3n) is 1.39. The number of hydrogen-bond donors (Lipinski definition) is 2. The van der Waals surface area contributed by atoms with Crippen molar-refractivity contribution in [2.24, 2.45) is 0 Å². The third kappa shape index (κ3) is 1.93. The molecule has 1 fully saturated rings. The Balaban J connectivity index is 2.35. The van der Waals surface area contributed by atoms with Crippen molar-refractivity contribution >= 4 is 0 Å². The van der Waals surface area contributed by atoms with E-state index in [1.165, 1.54) is 0 Å². The van der Waals surface area contributed by atoms with Crippen LogP contribution in [0.5, 0.6) is 0 Å². The molecule has 1 unspecified atom stereocenters. The molecule has 1 aliphatic heterocycles. The van der Waals surface area contributed by atoms with Crippen LogP contribution < -0.4 is 5.32 Å². The Labute approximate surface area is 55.0 Å². The number of morpholine rings is 1. The summed E-state index contributed by atoms with van der Waals surface area (Å²) in [4.78, 5) is 0. The summed E-state index contributed by atoms with van der Waals surface area (Å²) in [6.45, 7) is 5.19. The highest BCUT2D eigenvalue weighted by atomic mass is 16.6. The summed E-state index contributed by atoms with van der Waals surface area (Å²) in [5, 5.41) is 12.0. The maximum Gasteiger partial charge on any atom is 0.167 e. The van der Waals surface area contributed by atoms with Crippen LogP contribution in [-0.2, 0) is 4.74 Å². The van der Waals surface area contributed by atoms with E-state index in [1.54, 1.807) is 0 Å². The minimum absolute atomic E-state index is 0.0270. The van der Waals surface area contributed by atoms with Crippen LogP contribution in [0.15, 0.2) is 0 Å². The molecule has 0 aromatic carbocycles. The van der Waals surface area contributed by atoms with Gasteiger partial charge in [0.25, 0.3) is 0 Å². The standard InChI is InChI=1S/C6H13NO2/c1-6(2)4-9-5(8)3-7-6/h5,7-8H,3-4H2,1-2H3. The first kappa shape index (κ1) is 6.99. The zero-order valence-corrected chi connectivity index (χ0v) is 5.85. The average molecular weight is 131 g/mol. The molecule has 0 saturated carbocycles. The summed E-state index contributed by atoms with van der Waals surface area (Å²) in [5.74, 6) is 0. The van der Waals surface area contributed by atoms with Gasteiger partial charge in [-0.3, -0.25) is 0 Å². The number of hydrogen-bond acceptors (Lipinski definition) is 3. The molecule has 1 heterocycles. The fourth-order valence-corrected chi connectivity index (χ4v) is 0.778. The summed E-state index contributed by atoms with van der Waals surface area (Å²) in [5.41, 5.74) is 0.0270. The molecule has 0 aromatic heterocycles. The predicted molar refractivity (Wildman–Crippen MR) is 34.0 cm³/mol. The Hall–Kier alpha value is -0.120. The molecular formula is C6H13NO2. The Bertz CT molecular complexity index is 93.2. The minimum Gasteiger partial charge on any atom is -0.367 e. The van der Waals surface area contributed by atoms with Crippen LogP contribution in [-0.4, -0.2) is 30.1 Å². The summed E-state index contributed by atoms with van der Waals surface area (Å²) < 4.78 is 4.99. The molecule has 1 atom stereocenters. The highest BCUT2D eigenvalue weighted by Crippen LogP contribution is 2.08. The van der Waals surface area contributed by atoms with E-state index >= 15 is 0 Å². The first-order chi connectivity index (χ1) is 4.10. The molecule has 2 N–H and O–H groups in total. The third-order valence-corrected chi connectivity index (χ3v) is 1.39. The van der Waals surface area contributed by atoms with E-state index in [0.29, 0.717) is 13.2 Å². The number of nitrogens with one attached hydrogen (secondary N) is 1. The second-order valence-corrected chi connectivity index (χ2v) is 3.03. The summed E-state index contributed by atoms with van der Waals surface area (Å²) in [6.07, 6.45) is -0.613. The molecule has 1 aliphatic rings. The molecule has 0 amide bonds. The molecule has 54 valence electrons. The van der Waals surface area contributed by atoms with Crippen LogP contribution in [0.2, 0.25) is 0 Å². The lowest BCUT2D eigenvalue weighted by atomic mass is 10.1. The second-order valence-electron chi connectivity index (χ2n) is 3.03. The van der Waals surface area contributed by atoms with E-state index in [0.717, 1.165) is 0 Å². The van der Waals surface area contributed by atoms with E-state index in [-0.39, 0.29) is 5.54 Å². The van der Waals surface area contributed by atoms with E-state index in [9.17, 15) is 0 Å². The van der Waals surface area contributed by atoms with Crippen LogP contribution in [0.3, 0.4) is 0 Å². The summed E-state index contributed by atoms with van der Waals surface area (Å²) in [7, 11) is 0. The number of ether oxygens (including phenoxy) is 1. The quantitative estimate of drug-likeness (QED) is 0.474. The van der Waals surface area contributed by atoms with E-state index in [2.05, 4.69) is 5.32 Å². The maximum absolute atomic E-state index is 8.86. The highest BCUT2D eigenvalue weighted by Gasteiger charge is 2.24. The largest absolute Gasteiger partial charge is 0.367 e. The Morgan fingerprint density at radius 3 is 2.67 bits per heavy atom. The van der Waals surface area contributed by atoms with Crippen molar-refractivity contribution in [2.75, 3.05) is 13.2 Å². The molecule has 9 heavy (non-hydrogen) atoms. The summed E-state index contributed by atoms with van der Waals surface area (Å²) in [6, 6.07) is 0. The molecule has 0 spiro atoms. The zero-order valence-electron chi connectivity index (χ0n) is 5.85. The molecule has 0 aliphatic carbocycles. The fraction of sp³-hybridized carbons (Fsp3) is 1.00. The van der Waals surface area contributed by atoms with Crippen molar-refractivity contribution in [3.63, 3.8) is 0 Å².